The van der Waals surface area contributed by atoms with Crippen molar-refractivity contribution < 1.29 is 0 Å². The lowest BCUT2D eigenvalue weighted by molar-refractivity contribution is 0.485. The van der Waals surface area contributed by atoms with Gasteiger partial charge in [-0.1, -0.05) is 141 Å². The zero-order valence-electron chi connectivity index (χ0n) is 22.2. The lowest BCUT2D eigenvalue weighted by Gasteiger charge is -2.21. The molecule has 0 amide bonds. The van der Waals surface area contributed by atoms with E-state index in [1.54, 1.807) is 0 Å². The summed E-state index contributed by atoms with van der Waals surface area (Å²) >= 11 is 0. The molecule has 0 saturated heterocycles. The molecule has 2 N–H and O–H groups in total. The maximum atomic E-state index is 3.58. The maximum Gasteiger partial charge on any atom is 0.0317 e. The van der Waals surface area contributed by atoms with Crippen molar-refractivity contribution in [3.8, 4) is 0 Å². The van der Waals surface area contributed by atoms with Gasteiger partial charge in [0.25, 0.3) is 0 Å². The van der Waals surface area contributed by atoms with Crippen LogP contribution in [0, 0.1) is 0 Å². The minimum atomic E-state index is 0.482. The normalized spacial score (nSPS) is 13.4. The zero-order valence-corrected chi connectivity index (χ0v) is 22.2. The van der Waals surface area contributed by atoms with Crippen LogP contribution >= 0.6 is 0 Å². The topological polar surface area (TPSA) is 24.1 Å². The highest BCUT2D eigenvalue weighted by Gasteiger charge is 2.13. The highest BCUT2D eigenvalue weighted by atomic mass is 14.9. The first-order valence-corrected chi connectivity index (χ1v) is 14.2. The average Bonchev–Trinajstić information content (AvgIpc) is 2.82. The predicted molar refractivity (Wildman–Crippen MR) is 144 cm³/mol. The molecule has 0 aliphatic rings. The molecule has 0 aromatic heterocycles. The van der Waals surface area contributed by atoms with Gasteiger partial charge in [0.05, 0.1) is 0 Å². The van der Waals surface area contributed by atoms with Crippen LogP contribution < -0.4 is 10.6 Å². The fourth-order valence-corrected chi connectivity index (χ4v) is 4.91. The highest BCUT2D eigenvalue weighted by Crippen LogP contribution is 2.26. The van der Waals surface area contributed by atoms with Gasteiger partial charge in [0.15, 0.2) is 0 Å². The van der Waals surface area contributed by atoms with Crippen molar-refractivity contribution in [2.24, 2.45) is 0 Å². The van der Waals surface area contributed by atoms with Crippen molar-refractivity contribution in [3.05, 3.63) is 35.4 Å². The van der Waals surface area contributed by atoms with Gasteiger partial charge in [-0.15, -0.1) is 0 Å². The van der Waals surface area contributed by atoms with Crippen molar-refractivity contribution in [2.75, 3.05) is 14.1 Å². The van der Waals surface area contributed by atoms with Gasteiger partial charge in [0, 0.05) is 12.1 Å². The number of rotatable bonds is 22. The van der Waals surface area contributed by atoms with E-state index in [1.807, 2.05) is 0 Å². The Labute approximate surface area is 201 Å². The van der Waals surface area contributed by atoms with Crippen molar-refractivity contribution in [1.29, 1.82) is 0 Å². The molecule has 2 unspecified atom stereocenters. The van der Waals surface area contributed by atoms with Gasteiger partial charge in [-0.05, 0) is 38.1 Å². The third-order valence-corrected chi connectivity index (χ3v) is 7.11. The zero-order chi connectivity index (χ0) is 23.3. The van der Waals surface area contributed by atoms with E-state index in [2.05, 4.69) is 62.8 Å². The van der Waals surface area contributed by atoms with Crippen LogP contribution in [0.5, 0.6) is 0 Å². The summed E-state index contributed by atoms with van der Waals surface area (Å²) in [6.45, 7) is 4.59. The fraction of sp³-hybridized carbons (Fsp3) is 0.800. The Bertz CT molecular complexity index is 484. The third kappa shape index (κ3) is 13.6. The lowest BCUT2D eigenvalue weighted by atomic mass is 9.94. The van der Waals surface area contributed by atoms with Crippen molar-refractivity contribution in [1.82, 2.24) is 10.6 Å². The van der Waals surface area contributed by atoms with Gasteiger partial charge < -0.3 is 10.6 Å². The van der Waals surface area contributed by atoms with E-state index in [0.29, 0.717) is 12.1 Å². The number of benzene rings is 1. The van der Waals surface area contributed by atoms with Crippen molar-refractivity contribution >= 4 is 0 Å². The summed E-state index contributed by atoms with van der Waals surface area (Å²) in [6, 6.07) is 10.3. The molecule has 0 aliphatic carbocycles. The SMILES string of the molecule is CCCCCCCCCCC(NC)c1cccc(C(CCCCCCCCCC)NC)c1. The Kier molecular flexibility index (Phi) is 18.9. The summed E-state index contributed by atoms with van der Waals surface area (Å²) in [6.07, 6.45) is 24.8. The second-order valence-electron chi connectivity index (χ2n) is 9.88. The minimum absolute atomic E-state index is 0.482. The summed E-state index contributed by atoms with van der Waals surface area (Å²) in [5.74, 6) is 0. The Hall–Kier alpha value is -0.860. The number of nitrogens with one attached hydrogen (secondary N) is 2. The molecular formula is C30H56N2. The Balaban J connectivity index is 2.37. The molecule has 1 rings (SSSR count). The molecule has 2 atom stereocenters. The standard InChI is InChI=1S/C30H56N2/c1-5-7-9-11-13-15-17-19-24-29(31-3)27-22-21-23-28(26-27)30(32-4)25-20-18-16-14-12-10-8-6-2/h21-23,26,29-32H,5-20,24-25H2,1-4H3. The van der Waals surface area contributed by atoms with Crippen LogP contribution in [0.15, 0.2) is 24.3 Å². The molecule has 0 saturated carbocycles. The van der Waals surface area contributed by atoms with Gasteiger partial charge in [-0.2, -0.15) is 0 Å². The second-order valence-corrected chi connectivity index (χ2v) is 9.88. The molecular weight excluding hydrogens is 388 g/mol. The minimum Gasteiger partial charge on any atom is -0.313 e. The van der Waals surface area contributed by atoms with E-state index >= 15 is 0 Å². The van der Waals surface area contributed by atoms with Crippen LogP contribution in [0.2, 0.25) is 0 Å². The Morgan fingerprint density at radius 3 is 1.22 bits per heavy atom. The molecule has 2 heteroatoms. The summed E-state index contributed by atoms with van der Waals surface area (Å²) in [4.78, 5) is 0. The molecule has 32 heavy (non-hydrogen) atoms. The lowest BCUT2D eigenvalue weighted by Crippen LogP contribution is -2.19. The second kappa shape index (κ2) is 20.7. The van der Waals surface area contributed by atoms with Gasteiger partial charge in [-0.25, -0.2) is 0 Å². The van der Waals surface area contributed by atoms with E-state index in [4.69, 9.17) is 0 Å². The molecule has 1 aromatic carbocycles. The molecule has 186 valence electrons. The third-order valence-electron chi connectivity index (χ3n) is 7.11. The van der Waals surface area contributed by atoms with E-state index in [0.717, 1.165) is 0 Å². The van der Waals surface area contributed by atoms with Gasteiger partial charge in [-0.3, -0.25) is 0 Å². The first-order valence-electron chi connectivity index (χ1n) is 14.2. The summed E-state index contributed by atoms with van der Waals surface area (Å²) in [5.41, 5.74) is 2.92. The molecule has 2 nitrogen and oxygen atoms in total. The molecule has 0 heterocycles. The molecule has 0 fully saturated rings. The van der Waals surface area contributed by atoms with Crippen molar-refractivity contribution in [2.45, 2.75) is 142 Å². The molecule has 0 aliphatic heterocycles. The van der Waals surface area contributed by atoms with Crippen LogP contribution in [0.1, 0.15) is 153 Å². The van der Waals surface area contributed by atoms with E-state index in [1.165, 1.54) is 127 Å². The number of unbranched alkanes of at least 4 members (excludes halogenated alkanes) is 14. The number of hydrogen-bond acceptors (Lipinski definition) is 2. The van der Waals surface area contributed by atoms with Crippen LogP contribution in [-0.2, 0) is 0 Å². The summed E-state index contributed by atoms with van der Waals surface area (Å²) in [5, 5.41) is 7.16. The number of hydrogen-bond donors (Lipinski definition) is 2. The Morgan fingerprint density at radius 2 is 0.875 bits per heavy atom. The largest absolute Gasteiger partial charge is 0.313 e. The van der Waals surface area contributed by atoms with Crippen LogP contribution in [0.3, 0.4) is 0 Å². The monoisotopic (exact) mass is 444 g/mol. The Morgan fingerprint density at radius 1 is 0.531 bits per heavy atom. The molecule has 1 aromatic rings. The van der Waals surface area contributed by atoms with Crippen LogP contribution in [-0.4, -0.2) is 14.1 Å². The maximum absolute atomic E-state index is 3.58. The van der Waals surface area contributed by atoms with Gasteiger partial charge in [0.1, 0.15) is 0 Å². The van der Waals surface area contributed by atoms with Crippen LogP contribution in [0.4, 0.5) is 0 Å². The molecule has 0 spiro atoms. The van der Waals surface area contributed by atoms with E-state index in [9.17, 15) is 0 Å². The first-order chi connectivity index (χ1) is 15.8. The quantitative estimate of drug-likeness (QED) is 0.174. The van der Waals surface area contributed by atoms with Gasteiger partial charge >= 0.3 is 0 Å². The average molecular weight is 445 g/mol. The first kappa shape index (κ1) is 29.2. The van der Waals surface area contributed by atoms with Crippen LogP contribution in [0.25, 0.3) is 0 Å². The summed E-state index contributed by atoms with van der Waals surface area (Å²) in [7, 11) is 4.25. The molecule has 0 radical (unpaired) electrons. The van der Waals surface area contributed by atoms with E-state index < -0.39 is 0 Å². The highest BCUT2D eigenvalue weighted by molar-refractivity contribution is 5.28. The molecule has 0 bridgehead atoms. The van der Waals surface area contributed by atoms with Gasteiger partial charge in [0.2, 0.25) is 0 Å². The predicted octanol–water partition coefficient (Wildman–Crippen LogP) is 9.27. The van der Waals surface area contributed by atoms with E-state index in [-0.39, 0.29) is 0 Å². The smallest absolute Gasteiger partial charge is 0.0317 e. The van der Waals surface area contributed by atoms with Crippen molar-refractivity contribution in [3.63, 3.8) is 0 Å². The fourth-order valence-electron chi connectivity index (χ4n) is 4.91. The summed E-state index contributed by atoms with van der Waals surface area (Å²) < 4.78 is 0.